The van der Waals surface area contributed by atoms with Gasteiger partial charge < -0.3 is 9.84 Å². The van der Waals surface area contributed by atoms with Crippen LogP contribution in [-0.2, 0) is 11.2 Å². The molecular weight excluding hydrogens is 282 g/mol. The van der Waals surface area contributed by atoms with Gasteiger partial charge in [-0.2, -0.15) is 0 Å². The Hall–Kier alpha value is -0.450. The molecule has 1 aromatic heterocycles. The molecule has 0 aromatic carbocycles. The fraction of sp³-hybridized carbons (Fsp3) is 0.615. The lowest BCUT2D eigenvalue weighted by Gasteiger charge is -2.22. The summed E-state index contributed by atoms with van der Waals surface area (Å²) in [5.41, 5.74) is 0.908. The van der Waals surface area contributed by atoms with E-state index in [0.717, 1.165) is 10.2 Å². The zero-order chi connectivity index (χ0) is 12.3. The molecule has 0 amide bonds. The number of hydrogen-bond acceptors (Lipinski definition) is 3. The first-order valence-corrected chi connectivity index (χ1v) is 6.90. The summed E-state index contributed by atoms with van der Waals surface area (Å²) in [7, 11) is 0. The van der Waals surface area contributed by atoms with Crippen molar-refractivity contribution < 1.29 is 9.84 Å². The maximum atomic E-state index is 10.2. The molecule has 0 aliphatic heterocycles. The number of halogens is 1. The molecule has 4 heteroatoms. The predicted octanol–water partition coefficient (Wildman–Crippen LogP) is 2.56. The van der Waals surface area contributed by atoms with Crippen LogP contribution in [-0.4, -0.2) is 28.9 Å². The fourth-order valence-corrected chi connectivity index (χ4v) is 2.27. The summed E-state index contributed by atoms with van der Waals surface area (Å²) >= 11 is 3.35. The molecule has 17 heavy (non-hydrogen) atoms. The lowest BCUT2D eigenvalue weighted by atomic mass is 10.0. The second-order valence-electron chi connectivity index (χ2n) is 4.50. The highest BCUT2D eigenvalue weighted by atomic mass is 79.9. The molecule has 2 rings (SSSR count). The van der Waals surface area contributed by atoms with Crippen LogP contribution in [0.3, 0.4) is 0 Å². The number of nitrogens with zero attached hydrogens (tertiary/aromatic N) is 1. The highest BCUT2D eigenvalue weighted by molar-refractivity contribution is 9.10. The van der Waals surface area contributed by atoms with Crippen molar-refractivity contribution in [2.75, 3.05) is 6.61 Å². The van der Waals surface area contributed by atoms with E-state index in [4.69, 9.17) is 4.74 Å². The first kappa shape index (κ1) is 13.0. The summed E-state index contributed by atoms with van der Waals surface area (Å²) < 4.78 is 6.59. The van der Waals surface area contributed by atoms with E-state index in [0.29, 0.717) is 18.9 Å². The average Bonchev–Trinajstić information content (AvgIpc) is 3.13. The van der Waals surface area contributed by atoms with Gasteiger partial charge in [-0.15, -0.1) is 0 Å². The van der Waals surface area contributed by atoms with E-state index >= 15 is 0 Å². The second-order valence-corrected chi connectivity index (χ2v) is 5.41. The quantitative estimate of drug-likeness (QED) is 0.878. The number of ether oxygens (including phenoxy) is 1. The Bertz CT molecular complexity index is 351. The highest BCUT2D eigenvalue weighted by Gasteiger charge is 2.36. The van der Waals surface area contributed by atoms with Gasteiger partial charge in [0.1, 0.15) is 0 Å². The van der Waals surface area contributed by atoms with Gasteiger partial charge in [0.25, 0.3) is 0 Å². The number of aliphatic hydroxyl groups excluding tert-OH is 1. The number of aromatic nitrogens is 1. The van der Waals surface area contributed by atoms with Crippen molar-refractivity contribution in [3.8, 4) is 0 Å². The van der Waals surface area contributed by atoms with E-state index in [-0.39, 0.29) is 6.10 Å². The molecule has 1 heterocycles. The fourth-order valence-electron chi connectivity index (χ4n) is 2.04. The van der Waals surface area contributed by atoms with Crippen LogP contribution >= 0.6 is 15.9 Å². The highest BCUT2D eigenvalue weighted by Crippen LogP contribution is 2.36. The lowest BCUT2D eigenvalue weighted by molar-refractivity contribution is -0.0443. The third kappa shape index (κ3) is 3.76. The Balaban J connectivity index is 1.94. The monoisotopic (exact) mass is 299 g/mol. The summed E-state index contributed by atoms with van der Waals surface area (Å²) in [6, 6.07) is 3.88. The minimum absolute atomic E-state index is 0.0227. The van der Waals surface area contributed by atoms with Crippen molar-refractivity contribution in [3.63, 3.8) is 0 Å². The molecule has 0 spiro atoms. The summed E-state index contributed by atoms with van der Waals surface area (Å²) in [6.07, 6.45) is 4.20. The first-order valence-electron chi connectivity index (χ1n) is 6.10. The smallest absolute Gasteiger partial charge is 0.0865 e. The van der Waals surface area contributed by atoms with Crippen LogP contribution in [0, 0.1) is 5.92 Å². The SMILES string of the molecule is CCOC(C(O)Cc1ccc(Br)cn1)C1CC1. The molecule has 2 unspecified atom stereocenters. The van der Waals surface area contributed by atoms with E-state index in [1.807, 2.05) is 19.1 Å². The molecule has 1 aromatic rings. The van der Waals surface area contributed by atoms with Crippen molar-refractivity contribution in [1.82, 2.24) is 4.98 Å². The molecule has 0 radical (unpaired) electrons. The van der Waals surface area contributed by atoms with Gasteiger partial charge in [0.2, 0.25) is 0 Å². The molecule has 1 saturated carbocycles. The van der Waals surface area contributed by atoms with Gasteiger partial charge in [-0.25, -0.2) is 0 Å². The Morgan fingerprint density at radius 3 is 2.82 bits per heavy atom. The van der Waals surface area contributed by atoms with E-state index in [9.17, 15) is 5.11 Å². The maximum absolute atomic E-state index is 10.2. The van der Waals surface area contributed by atoms with Gasteiger partial charge in [0.05, 0.1) is 12.2 Å². The molecule has 3 nitrogen and oxygen atoms in total. The van der Waals surface area contributed by atoms with Gasteiger partial charge >= 0.3 is 0 Å². The molecule has 94 valence electrons. The van der Waals surface area contributed by atoms with Crippen LogP contribution in [0.4, 0.5) is 0 Å². The molecule has 0 saturated heterocycles. The lowest BCUT2D eigenvalue weighted by Crippen LogP contribution is -2.33. The van der Waals surface area contributed by atoms with Crippen molar-refractivity contribution in [2.24, 2.45) is 5.92 Å². The van der Waals surface area contributed by atoms with Crippen molar-refractivity contribution in [3.05, 3.63) is 28.5 Å². The summed E-state index contributed by atoms with van der Waals surface area (Å²) in [6.45, 7) is 2.63. The second kappa shape index (κ2) is 5.94. The van der Waals surface area contributed by atoms with E-state index in [2.05, 4.69) is 20.9 Å². The van der Waals surface area contributed by atoms with Gasteiger partial charge in [-0.3, -0.25) is 4.98 Å². The van der Waals surface area contributed by atoms with Crippen LogP contribution in [0.5, 0.6) is 0 Å². The summed E-state index contributed by atoms with van der Waals surface area (Å²) in [4.78, 5) is 4.28. The van der Waals surface area contributed by atoms with Crippen LogP contribution < -0.4 is 0 Å². The predicted molar refractivity (Wildman–Crippen MR) is 69.8 cm³/mol. The number of hydrogen-bond donors (Lipinski definition) is 1. The number of rotatable bonds is 6. The molecule has 0 bridgehead atoms. The average molecular weight is 300 g/mol. The number of pyridine rings is 1. The Morgan fingerprint density at radius 2 is 2.29 bits per heavy atom. The minimum Gasteiger partial charge on any atom is -0.390 e. The van der Waals surface area contributed by atoms with Gasteiger partial charge in [0, 0.05) is 29.4 Å². The molecule has 2 atom stereocenters. The summed E-state index contributed by atoms with van der Waals surface area (Å²) in [5, 5.41) is 10.2. The molecule has 1 aliphatic carbocycles. The van der Waals surface area contributed by atoms with Gasteiger partial charge in [-0.05, 0) is 53.7 Å². The van der Waals surface area contributed by atoms with Crippen LogP contribution in [0.1, 0.15) is 25.5 Å². The third-order valence-corrected chi connectivity index (χ3v) is 3.50. The third-order valence-electron chi connectivity index (χ3n) is 3.03. The van der Waals surface area contributed by atoms with Gasteiger partial charge in [-0.1, -0.05) is 0 Å². The van der Waals surface area contributed by atoms with E-state index in [1.54, 1.807) is 6.20 Å². The van der Waals surface area contributed by atoms with E-state index in [1.165, 1.54) is 12.8 Å². The molecular formula is C13H18BrNO2. The number of aliphatic hydroxyl groups is 1. The van der Waals surface area contributed by atoms with Crippen molar-refractivity contribution in [2.45, 2.75) is 38.4 Å². The zero-order valence-electron chi connectivity index (χ0n) is 9.97. The molecule has 1 aliphatic rings. The van der Waals surface area contributed by atoms with Crippen LogP contribution in [0.25, 0.3) is 0 Å². The summed E-state index contributed by atoms with van der Waals surface area (Å²) in [5.74, 6) is 0.542. The first-order chi connectivity index (χ1) is 8.20. The Kier molecular flexibility index (Phi) is 4.54. The largest absolute Gasteiger partial charge is 0.390 e. The van der Waals surface area contributed by atoms with Crippen LogP contribution in [0.2, 0.25) is 0 Å². The van der Waals surface area contributed by atoms with E-state index < -0.39 is 6.10 Å². The molecule has 1 fully saturated rings. The van der Waals surface area contributed by atoms with Crippen molar-refractivity contribution >= 4 is 15.9 Å². The van der Waals surface area contributed by atoms with Crippen molar-refractivity contribution in [1.29, 1.82) is 0 Å². The Labute approximate surface area is 110 Å². The van der Waals surface area contributed by atoms with Crippen LogP contribution in [0.15, 0.2) is 22.8 Å². The standard InChI is InChI=1S/C13H18BrNO2/c1-2-17-13(9-3-4-9)12(16)7-11-6-5-10(14)8-15-11/h5-6,8-9,12-13,16H,2-4,7H2,1H3. The molecule has 1 N–H and O–H groups in total. The Morgan fingerprint density at radius 1 is 1.53 bits per heavy atom. The van der Waals surface area contributed by atoms with Gasteiger partial charge in [0.15, 0.2) is 0 Å². The normalized spacial score (nSPS) is 19.0. The zero-order valence-corrected chi connectivity index (χ0v) is 11.6. The topological polar surface area (TPSA) is 42.4 Å². The minimum atomic E-state index is -0.448. The maximum Gasteiger partial charge on any atom is 0.0865 e.